The van der Waals surface area contributed by atoms with Gasteiger partial charge in [-0.1, -0.05) is 13.3 Å². The van der Waals surface area contributed by atoms with E-state index < -0.39 is 6.10 Å². The van der Waals surface area contributed by atoms with Crippen LogP contribution in [0.2, 0.25) is 0 Å². The summed E-state index contributed by atoms with van der Waals surface area (Å²) in [6, 6.07) is -0.108. The number of rotatable bonds is 6. The molecular weight excluding hydrogens is 220 g/mol. The van der Waals surface area contributed by atoms with Gasteiger partial charge in [-0.2, -0.15) is 0 Å². The fourth-order valence-electron chi connectivity index (χ4n) is 2.16. The number of piperidine rings is 1. The molecule has 0 aromatic rings. The number of carbonyl (C=O) groups is 1. The number of aliphatic hydroxyl groups excluding tert-OH is 1. The quantitative estimate of drug-likeness (QED) is 0.609. The Morgan fingerprint density at radius 3 is 3.06 bits per heavy atom. The van der Waals surface area contributed by atoms with Gasteiger partial charge in [0.05, 0.1) is 18.8 Å². The number of ether oxygens (including phenoxy) is 1. The van der Waals surface area contributed by atoms with Gasteiger partial charge in [0.2, 0.25) is 5.91 Å². The van der Waals surface area contributed by atoms with Gasteiger partial charge < -0.3 is 20.5 Å². The Kier molecular flexibility index (Phi) is 6.47. The van der Waals surface area contributed by atoms with E-state index in [0.717, 1.165) is 25.8 Å². The summed E-state index contributed by atoms with van der Waals surface area (Å²) in [5.41, 5.74) is 0. The smallest absolute Gasteiger partial charge is 0.237 e. The van der Waals surface area contributed by atoms with Gasteiger partial charge >= 0.3 is 0 Å². The molecule has 17 heavy (non-hydrogen) atoms. The Morgan fingerprint density at radius 2 is 2.41 bits per heavy atom. The standard InChI is InChI=1S/C12H24N2O3/c1-3-9-4-5-13-11(6-9)12(16)14-7-10(15)8-17-2/h9-11,13,15H,3-8H2,1-2H3,(H,14,16). The van der Waals surface area contributed by atoms with Crippen LogP contribution in [0.25, 0.3) is 0 Å². The lowest BCUT2D eigenvalue weighted by Crippen LogP contribution is -2.50. The minimum atomic E-state index is -0.630. The first kappa shape index (κ1) is 14.4. The highest BCUT2D eigenvalue weighted by molar-refractivity contribution is 5.81. The van der Waals surface area contributed by atoms with Gasteiger partial charge in [-0.25, -0.2) is 0 Å². The number of amides is 1. The van der Waals surface area contributed by atoms with Gasteiger partial charge in [0.15, 0.2) is 0 Å². The van der Waals surface area contributed by atoms with E-state index in [1.807, 2.05) is 0 Å². The van der Waals surface area contributed by atoms with E-state index in [2.05, 4.69) is 17.6 Å². The second-order valence-corrected chi connectivity index (χ2v) is 4.66. The number of hydrogen-bond acceptors (Lipinski definition) is 4. The van der Waals surface area contributed by atoms with Crippen molar-refractivity contribution >= 4 is 5.91 Å². The maximum Gasteiger partial charge on any atom is 0.237 e. The monoisotopic (exact) mass is 244 g/mol. The molecule has 3 N–H and O–H groups in total. The molecule has 0 aromatic carbocycles. The van der Waals surface area contributed by atoms with Crippen LogP contribution < -0.4 is 10.6 Å². The highest BCUT2D eigenvalue weighted by Crippen LogP contribution is 2.19. The number of aliphatic hydroxyl groups is 1. The fourth-order valence-corrected chi connectivity index (χ4v) is 2.16. The number of hydrogen-bond donors (Lipinski definition) is 3. The molecule has 0 spiro atoms. The van der Waals surface area contributed by atoms with E-state index in [9.17, 15) is 9.90 Å². The normalized spacial score (nSPS) is 26.5. The molecule has 1 rings (SSSR count). The van der Waals surface area contributed by atoms with Crippen molar-refractivity contribution in [1.29, 1.82) is 0 Å². The summed E-state index contributed by atoms with van der Waals surface area (Å²) in [4.78, 5) is 11.8. The SMILES string of the molecule is CCC1CCNC(C(=O)NCC(O)COC)C1. The average Bonchev–Trinajstić information content (AvgIpc) is 2.36. The summed E-state index contributed by atoms with van der Waals surface area (Å²) >= 11 is 0. The molecule has 1 amide bonds. The Balaban J connectivity index is 2.27. The van der Waals surface area contributed by atoms with Crippen LogP contribution >= 0.6 is 0 Å². The molecule has 1 fully saturated rings. The Hall–Kier alpha value is -0.650. The van der Waals surface area contributed by atoms with Crippen LogP contribution in [0.1, 0.15) is 26.2 Å². The van der Waals surface area contributed by atoms with Crippen LogP contribution in [-0.4, -0.2) is 50.0 Å². The van der Waals surface area contributed by atoms with E-state index in [4.69, 9.17) is 4.74 Å². The Labute approximate surface area is 103 Å². The first-order valence-corrected chi connectivity index (χ1v) is 6.35. The van der Waals surface area contributed by atoms with E-state index in [-0.39, 0.29) is 25.1 Å². The van der Waals surface area contributed by atoms with Crippen molar-refractivity contribution in [3.8, 4) is 0 Å². The molecule has 0 radical (unpaired) electrons. The highest BCUT2D eigenvalue weighted by atomic mass is 16.5. The lowest BCUT2D eigenvalue weighted by Gasteiger charge is -2.29. The predicted octanol–water partition coefficient (Wildman–Crippen LogP) is -0.112. The van der Waals surface area contributed by atoms with Crippen LogP contribution in [0, 0.1) is 5.92 Å². The molecule has 0 saturated carbocycles. The fraction of sp³-hybridized carbons (Fsp3) is 0.917. The highest BCUT2D eigenvalue weighted by Gasteiger charge is 2.25. The molecule has 5 nitrogen and oxygen atoms in total. The van der Waals surface area contributed by atoms with Crippen molar-refractivity contribution in [2.75, 3.05) is 26.8 Å². The molecule has 5 heteroatoms. The summed E-state index contributed by atoms with van der Waals surface area (Å²) in [6.45, 7) is 3.56. The molecule has 1 aliphatic rings. The summed E-state index contributed by atoms with van der Waals surface area (Å²) < 4.78 is 4.80. The lowest BCUT2D eigenvalue weighted by atomic mass is 9.90. The minimum Gasteiger partial charge on any atom is -0.389 e. The number of methoxy groups -OCH3 is 1. The molecule has 1 heterocycles. The maximum absolute atomic E-state index is 11.8. The molecule has 3 atom stereocenters. The third kappa shape index (κ3) is 5.02. The summed E-state index contributed by atoms with van der Waals surface area (Å²) in [6.07, 6.45) is 2.53. The second-order valence-electron chi connectivity index (χ2n) is 4.66. The zero-order valence-corrected chi connectivity index (χ0v) is 10.7. The van der Waals surface area contributed by atoms with Crippen molar-refractivity contribution in [2.24, 2.45) is 5.92 Å². The maximum atomic E-state index is 11.8. The molecule has 1 saturated heterocycles. The minimum absolute atomic E-state index is 0.0155. The zero-order chi connectivity index (χ0) is 12.7. The van der Waals surface area contributed by atoms with Crippen LogP contribution in [0.4, 0.5) is 0 Å². The van der Waals surface area contributed by atoms with Crippen LogP contribution in [0.15, 0.2) is 0 Å². The number of carbonyl (C=O) groups excluding carboxylic acids is 1. The van der Waals surface area contributed by atoms with Gasteiger partial charge in [-0.15, -0.1) is 0 Å². The summed E-state index contributed by atoms with van der Waals surface area (Å²) in [7, 11) is 1.53. The molecule has 100 valence electrons. The molecule has 3 unspecified atom stereocenters. The van der Waals surface area contributed by atoms with Gasteiger partial charge in [0, 0.05) is 13.7 Å². The molecule has 1 aliphatic heterocycles. The lowest BCUT2D eigenvalue weighted by molar-refractivity contribution is -0.124. The largest absolute Gasteiger partial charge is 0.389 e. The van der Waals surface area contributed by atoms with Crippen molar-refractivity contribution < 1.29 is 14.6 Å². The van der Waals surface area contributed by atoms with E-state index >= 15 is 0 Å². The van der Waals surface area contributed by atoms with Crippen molar-refractivity contribution in [3.05, 3.63) is 0 Å². The van der Waals surface area contributed by atoms with Gasteiger partial charge in [-0.05, 0) is 25.3 Å². The van der Waals surface area contributed by atoms with E-state index in [1.54, 1.807) is 0 Å². The van der Waals surface area contributed by atoms with E-state index in [0.29, 0.717) is 5.92 Å². The van der Waals surface area contributed by atoms with Crippen LogP contribution in [0.3, 0.4) is 0 Å². The predicted molar refractivity (Wildman–Crippen MR) is 65.7 cm³/mol. The topological polar surface area (TPSA) is 70.6 Å². The van der Waals surface area contributed by atoms with E-state index in [1.165, 1.54) is 7.11 Å². The Bertz CT molecular complexity index is 236. The summed E-state index contributed by atoms with van der Waals surface area (Å²) in [5.74, 6) is 0.620. The van der Waals surface area contributed by atoms with Crippen molar-refractivity contribution in [2.45, 2.75) is 38.3 Å². The summed E-state index contributed by atoms with van der Waals surface area (Å²) in [5, 5.41) is 15.4. The van der Waals surface area contributed by atoms with Gasteiger partial charge in [-0.3, -0.25) is 4.79 Å². The molecule has 0 aromatic heterocycles. The van der Waals surface area contributed by atoms with Gasteiger partial charge in [0.25, 0.3) is 0 Å². The van der Waals surface area contributed by atoms with Crippen LogP contribution in [-0.2, 0) is 9.53 Å². The Morgan fingerprint density at radius 1 is 1.65 bits per heavy atom. The van der Waals surface area contributed by atoms with Gasteiger partial charge in [0.1, 0.15) is 0 Å². The third-order valence-electron chi connectivity index (χ3n) is 3.28. The number of nitrogens with one attached hydrogen (secondary N) is 2. The van der Waals surface area contributed by atoms with Crippen LogP contribution in [0.5, 0.6) is 0 Å². The molecule has 0 bridgehead atoms. The average molecular weight is 244 g/mol. The molecule has 0 aliphatic carbocycles. The first-order chi connectivity index (χ1) is 8.17. The molecular formula is C12H24N2O3. The third-order valence-corrected chi connectivity index (χ3v) is 3.28. The second kappa shape index (κ2) is 7.63. The first-order valence-electron chi connectivity index (χ1n) is 6.35. The van der Waals surface area contributed by atoms with Crippen molar-refractivity contribution in [3.63, 3.8) is 0 Å². The zero-order valence-electron chi connectivity index (χ0n) is 10.7. The van der Waals surface area contributed by atoms with Crippen molar-refractivity contribution in [1.82, 2.24) is 10.6 Å².